The van der Waals surface area contributed by atoms with E-state index in [9.17, 15) is 4.79 Å². The van der Waals surface area contributed by atoms with E-state index in [1.807, 2.05) is 4.68 Å². The van der Waals surface area contributed by atoms with Gasteiger partial charge in [0.05, 0.1) is 30.8 Å². The number of hydrogen-bond donors (Lipinski definition) is 1. The Morgan fingerprint density at radius 2 is 2.08 bits per heavy atom. The molecule has 0 bridgehead atoms. The third-order valence-electron chi connectivity index (χ3n) is 4.77. The summed E-state index contributed by atoms with van der Waals surface area (Å²) in [6, 6.07) is 0.444. The number of morpholine rings is 1. The zero-order valence-corrected chi connectivity index (χ0v) is 15.5. The number of nitrogens with one attached hydrogen (secondary N) is 1. The van der Waals surface area contributed by atoms with Crippen molar-refractivity contribution in [3.63, 3.8) is 0 Å². The first-order valence-corrected chi connectivity index (χ1v) is 10.4. The quantitative estimate of drug-likeness (QED) is 0.647. The van der Waals surface area contributed by atoms with Crippen molar-refractivity contribution in [1.29, 1.82) is 0 Å². The van der Waals surface area contributed by atoms with Crippen molar-refractivity contribution < 1.29 is 9.53 Å². The molecule has 1 aromatic heterocycles. The van der Waals surface area contributed by atoms with Crippen LogP contribution in [0.4, 0.5) is 0 Å². The molecule has 0 radical (unpaired) electrons. The predicted octanol–water partition coefficient (Wildman–Crippen LogP) is 0.860. The molecule has 1 aliphatic heterocycles. The maximum Gasteiger partial charge on any atom is 0.230 e. The molecule has 1 amide bonds. The van der Waals surface area contributed by atoms with Crippen LogP contribution in [0.3, 0.4) is 0 Å². The van der Waals surface area contributed by atoms with E-state index in [-0.39, 0.29) is 5.91 Å². The Kier molecular flexibility index (Phi) is 7.50. The van der Waals surface area contributed by atoms with Crippen LogP contribution in [0, 0.1) is 0 Å². The lowest BCUT2D eigenvalue weighted by Crippen LogP contribution is -2.38. The molecule has 3 rings (SSSR count). The molecule has 2 fully saturated rings. The van der Waals surface area contributed by atoms with E-state index >= 15 is 0 Å². The second-order valence-corrected chi connectivity index (χ2v) is 7.61. The molecule has 9 heteroatoms. The Morgan fingerprint density at radius 3 is 2.88 bits per heavy atom. The van der Waals surface area contributed by atoms with Crippen LogP contribution in [0.5, 0.6) is 0 Å². The third-order valence-corrected chi connectivity index (χ3v) is 5.70. The van der Waals surface area contributed by atoms with Crippen LogP contribution in [0.2, 0.25) is 0 Å². The smallest absolute Gasteiger partial charge is 0.230 e. The molecule has 1 aliphatic carbocycles. The van der Waals surface area contributed by atoms with Gasteiger partial charge in [-0.3, -0.25) is 9.69 Å². The van der Waals surface area contributed by atoms with Gasteiger partial charge in [0.15, 0.2) is 5.82 Å². The van der Waals surface area contributed by atoms with Gasteiger partial charge in [0.2, 0.25) is 5.91 Å². The summed E-state index contributed by atoms with van der Waals surface area (Å²) in [5, 5.41) is 15.0. The number of tetrazole rings is 1. The topological polar surface area (TPSA) is 85.2 Å². The van der Waals surface area contributed by atoms with E-state index in [0.29, 0.717) is 17.5 Å². The minimum absolute atomic E-state index is 0.0897. The molecule has 2 aliphatic rings. The standard InChI is InChI=1S/C16H28N6O2S/c23-16(17-6-3-7-21-8-10-24-11-9-21)13-25-12-15-18-19-20-22(15)14-4-1-2-5-14/h14H,1-13H2,(H,17,23). The lowest BCUT2D eigenvalue weighted by molar-refractivity contribution is -0.118. The van der Waals surface area contributed by atoms with Gasteiger partial charge in [0.25, 0.3) is 0 Å². The van der Waals surface area contributed by atoms with Crippen LogP contribution in [-0.4, -0.2) is 76.2 Å². The fourth-order valence-corrected chi connectivity index (χ4v) is 4.14. The second-order valence-electron chi connectivity index (χ2n) is 6.63. The molecular formula is C16H28N6O2S. The minimum atomic E-state index is 0.0897. The molecule has 0 spiro atoms. The first-order valence-electron chi connectivity index (χ1n) is 9.24. The van der Waals surface area contributed by atoms with Crippen molar-refractivity contribution in [2.24, 2.45) is 0 Å². The minimum Gasteiger partial charge on any atom is -0.379 e. The predicted molar refractivity (Wildman–Crippen MR) is 96.4 cm³/mol. The van der Waals surface area contributed by atoms with Crippen molar-refractivity contribution in [2.45, 2.75) is 43.9 Å². The number of carbonyl (C=O) groups excluding carboxylic acids is 1. The van der Waals surface area contributed by atoms with Crippen LogP contribution in [0.15, 0.2) is 0 Å². The molecule has 1 saturated heterocycles. The molecule has 140 valence electrons. The Balaban J connectivity index is 1.27. The summed E-state index contributed by atoms with van der Waals surface area (Å²) < 4.78 is 7.29. The maximum atomic E-state index is 11.9. The summed E-state index contributed by atoms with van der Waals surface area (Å²) >= 11 is 1.58. The second kappa shape index (κ2) is 10.1. The lowest BCUT2D eigenvalue weighted by atomic mass is 10.2. The molecule has 1 saturated carbocycles. The van der Waals surface area contributed by atoms with E-state index in [4.69, 9.17) is 4.74 Å². The molecule has 25 heavy (non-hydrogen) atoms. The normalized spacial score (nSPS) is 19.4. The highest BCUT2D eigenvalue weighted by atomic mass is 32.2. The molecule has 2 heterocycles. The van der Waals surface area contributed by atoms with Crippen LogP contribution in [0.25, 0.3) is 0 Å². The van der Waals surface area contributed by atoms with E-state index in [2.05, 4.69) is 25.7 Å². The summed E-state index contributed by atoms with van der Waals surface area (Å²) in [5.74, 6) is 2.11. The number of hydrogen-bond acceptors (Lipinski definition) is 7. The van der Waals surface area contributed by atoms with Crippen LogP contribution >= 0.6 is 11.8 Å². The SMILES string of the molecule is O=C(CSCc1nnnn1C1CCCC1)NCCCN1CCOCC1. The van der Waals surface area contributed by atoms with Gasteiger partial charge in [-0.1, -0.05) is 12.8 Å². The number of aromatic nitrogens is 4. The highest BCUT2D eigenvalue weighted by Gasteiger charge is 2.21. The zero-order valence-electron chi connectivity index (χ0n) is 14.7. The molecule has 1 N–H and O–H groups in total. The summed E-state index contributed by atoms with van der Waals surface area (Å²) in [6.45, 7) is 5.40. The molecular weight excluding hydrogens is 340 g/mol. The van der Waals surface area contributed by atoms with Crippen molar-refractivity contribution in [3.05, 3.63) is 5.82 Å². The highest BCUT2D eigenvalue weighted by molar-refractivity contribution is 7.99. The van der Waals surface area contributed by atoms with Gasteiger partial charge in [0, 0.05) is 19.6 Å². The largest absolute Gasteiger partial charge is 0.379 e. The average Bonchev–Trinajstić information content (AvgIpc) is 3.31. The zero-order chi connectivity index (χ0) is 17.3. The van der Waals surface area contributed by atoms with Crippen LogP contribution in [-0.2, 0) is 15.3 Å². The van der Waals surface area contributed by atoms with Gasteiger partial charge < -0.3 is 10.1 Å². The van der Waals surface area contributed by atoms with Gasteiger partial charge in [-0.15, -0.1) is 16.9 Å². The fourth-order valence-electron chi connectivity index (χ4n) is 3.38. The average molecular weight is 369 g/mol. The maximum absolute atomic E-state index is 11.9. The fraction of sp³-hybridized carbons (Fsp3) is 0.875. The van der Waals surface area contributed by atoms with Crippen molar-refractivity contribution in [3.8, 4) is 0 Å². The van der Waals surface area contributed by atoms with Crippen LogP contribution in [0.1, 0.15) is 44.0 Å². The van der Waals surface area contributed by atoms with Gasteiger partial charge in [-0.05, 0) is 36.2 Å². The number of nitrogens with zero attached hydrogens (tertiary/aromatic N) is 5. The van der Waals surface area contributed by atoms with E-state index in [0.717, 1.165) is 64.5 Å². The molecule has 1 aromatic rings. The van der Waals surface area contributed by atoms with E-state index in [1.54, 1.807) is 11.8 Å². The number of amides is 1. The van der Waals surface area contributed by atoms with E-state index < -0.39 is 0 Å². The number of thioether (sulfide) groups is 1. The van der Waals surface area contributed by atoms with Crippen molar-refractivity contribution >= 4 is 17.7 Å². The highest BCUT2D eigenvalue weighted by Crippen LogP contribution is 2.29. The molecule has 8 nitrogen and oxygen atoms in total. The summed E-state index contributed by atoms with van der Waals surface area (Å²) in [4.78, 5) is 14.3. The van der Waals surface area contributed by atoms with Gasteiger partial charge >= 0.3 is 0 Å². The first kappa shape index (κ1) is 18.6. The molecule has 0 aromatic carbocycles. The van der Waals surface area contributed by atoms with Crippen molar-refractivity contribution in [1.82, 2.24) is 30.4 Å². The third kappa shape index (κ3) is 5.93. The summed E-state index contributed by atoms with van der Waals surface area (Å²) in [7, 11) is 0. The molecule has 0 unspecified atom stereocenters. The van der Waals surface area contributed by atoms with Gasteiger partial charge in [0.1, 0.15) is 0 Å². The Labute approximate surface area is 153 Å². The summed E-state index contributed by atoms with van der Waals surface area (Å²) in [5.41, 5.74) is 0. The lowest BCUT2D eigenvalue weighted by Gasteiger charge is -2.26. The van der Waals surface area contributed by atoms with Gasteiger partial charge in [-0.25, -0.2) is 4.68 Å². The van der Waals surface area contributed by atoms with Gasteiger partial charge in [-0.2, -0.15) is 0 Å². The monoisotopic (exact) mass is 368 g/mol. The first-order chi connectivity index (χ1) is 12.3. The number of carbonyl (C=O) groups is 1. The Hall–Kier alpha value is -1.19. The summed E-state index contributed by atoms with van der Waals surface area (Å²) in [6.07, 6.45) is 5.81. The number of ether oxygens (including phenoxy) is 1. The molecule has 0 atom stereocenters. The Morgan fingerprint density at radius 1 is 1.28 bits per heavy atom. The van der Waals surface area contributed by atoms with Crippen molar-refractivity contribution in [2.75, 3.05) is 45.1 Å². The van der Waals surface area contributed by atoms with E-state index in [1.165, 1.54) is 12.8 Å². The Bertz CT molecular complexity index is 528. The van der Waals surface area contributed by atoms with Crippen LogP contribution < -0.4 is 5.32 Å². The number of rotatable bonds is 9.